The van der Waals surface area contributed by atoms with Crippen molar-refractivity contribution >= 4 is 32.6 Å². The Morgan fingerprint density at radius 1 is 1.38 bits per heavy atom. The van der Waals surface area contributed by atoms with Crippen LogP contribution in [0.25, 0.3) is 10.2 Å². The Hall–Kier alpha value is -1.46. The summed E-state index contributed by atoms with van der Waals surface area (Å²) >= 11 is 1.49. The molecule has 2 rings (SSSR count). The highest BCUT2D eigenvalue weighted by atomic mass is 32.1. The lowest BCUT2D eigenvalue weighted by Crippen LogP contribution is -2.28. The number of nitrogens with zero attached hydrogens (tertiary/aromatic N) is 1. The standard InChI is InChI=1S/C16H22N2O2S/c1-10(2)8-9-20-12(4)15(19)18-16-17-14-11(3)6-5-7-13(14)21-16/h5-7,10,12H,8-9H2,1-4H3,(H,17,18,19). The third-order valence-electron chi connectivity index (χ3n) is 3.28. The molecule has 4 nitrogen and oxygen atoms in total. The molecule has 0 aliphatic carbocycles. The number of aryl methyl sites for hydroxylation is 1. The molecular weight excluding hydrogens is 284 g/mol. The van der Waals surface area contributed by atoms with Crippen molar-refractivity contribution in [1.82, 2.24) is 4.98 Å². The summed E-state index contributed by atoms with van der Waals surface area (Å²) < 4.78 is 6.63. The third-order valence-corrected chi connectivity index (χ3v) is 4.22. The highest BCUT2D eigenvalue weighted by molar-refractivity contribution is 7.22. The summed E-state index contributed by atoms with van der Waals surface area (Å²) in [6, 6.07) is 6.03. The summed E-state index contributed by atoms with van der Waals surface area (Å²) in [5.74, 6) is 0.433. The predicted molar refractivity (Wildman–Crippen MR) is 87.9 cm³/mol. The molecule has 1 heterocycles. The van der Waals surface area contributed by atoms with Gasteiger partial charge in [-0.1, -0.05) is 37.3 Å². The molecule has 0 saturated carbocycles. The summed E-state index contributed by atoms with van der Waals surface area (Å²) in [6.45, 7) is 8.67. The maximum atomic E-state index is 12.1. The van der Waals surface area contributed by atoms with E-state index in [1.54, 1.807) is 6.92 Å². The van der Waals surface area contributed by atoms with Crippen LogP contribution < -0.4 is 5.32 Å². The van der Waals surface area contributed by atoms with Crippen LogP contribution in [-0.4, -0.2) is 23.6 Å². The molecule has 1 aromatic heterocycles. The molecule has 0 fully saturated rings. The molecule has 1 N–H and O–H groups in total. The number of carbonyl (C=O) groups is 1. The van der Waals surface area contributed by atoms with Gasteiger partial charge in [0.25, 0.3) is 5.91 Å². The Morgan fingerprint density at radius 2 is 2.14 bits per heavy atom. The Morgan fingerprint density at radius 3 is 2.81 bits per heavy atom. The number of thiazole rings is 1. The van der Waals surface area contributed by atoms with Crippen molar-refractivity contribution in [2.24, 2.45) is 5.92 Å². The second-order valence-corrected chi connectivity index (χ2v) is 6.66. The second-order valence-electron chi connectivity index (χ2n) is 5.63. The van der Waals surface area contributed by atoms with E-state index < -0.39 is 6.10 Å². The number of hydrogen-bond acceptors (Lipinski definition) is 4. The fraction of sp³-hybridized carbons (Fsp3) is 0.500. The first-order chi connectivity index (χ1) is 9.97. The van der Waals surface area contributed by atoms with Gasteiger partial charge in [-0.3, -0.25) is 10.1 Å². The van der Waals surface area contributed by atoms with E-state index >= 15 is 0 Å². The Bertz CT molecular complexity index is 622. The van der Waals surface area contributed by atoms with Crippen LogP contribution in [0.4, 0.5) is 5.13 Å². The first kappa shape index (κ1) is 15.9. The van der Waals surface area contributed by atoms with Crippen molar-refractivity contribution in [3.05, 3.63) is 23.8 Å². The molecule has 0 aliphatic rings. The number of hydrogen-bond donors (Lipinski definition) is 1. The largest absolute Gasteiger partial charge is 0.369 e. The lowest BCUT2D eigenvalue weighted by molar-refractivity contribution is -0.126. The topological polar surface area (TPSA) is 51.2 Å². The second kappa shape index (κ2) is 7.00. The summed E-state index contributed by atoms with van der Waals surface area (Å²) in [6.07, 6.45) is 0.495. The lowest BCUT2D eigenvalue weighted by Gasteiger charge is -2.12. The van der Waals surface area contributed by atoms with Gasteiger partial charge >= 0.3 is 0 Å². The van der Waals surface area contributed by atoms with Crippen molar-refractivity contribution in [1.29, 1.82) is 0 Å². The van der Waals surface area contributed by atoms with E-state index in [-0.39, 0.29) is 5.91 Å². The number of benzene rings is 1. The summed E-state index contributed by atoms with van der Waals surface area (Å²) in [4.78, 5) is 16.6. The maximum Gasteiger partial charge on any atom is 0.254 e. The maximum absolute atomic E-state index is 12.1. The quantitative estimate of drug-likeness (QED) is 0.877. The van der Waals surface area contributed by atoms with E-state index in [1.807, 2.05) is 25.1 Å². The summed E-state index contributed by atoms with van der Waals surface area (Å²) in [7, 11) is 0. The molecule has 2 aromatic rings. The highest BCUT2D eigenvalue weighted by Crippen LogP contribution is 2.27. The zero-order valence-electron chi connectivity index (χ0n) is 13.0. The molecule has 0 bridgehead atoms. The van der Waals surface area contributed by atoms with Crippen molar-refractivity contribution in [3.63, 3.8) is 0 Å². The number of ether oxygens (including phenoxy) is 1. The molecule has 1 unspecified atom stereocenters. The van der Waals surface area contributed by atoms with E-state index in [4.69, 9.17) is 4.74 Å². The number of para-hydroxylation sites is 1. The van der Waals surface area contributed by atoms with Crippen molar-refractivity contribution in [2.75, 3.05) is 11.9 Å². The van der Waals surface area contributed by atoms with Crippen LogP contribution in [0.15, 0.2) is 18.2 Å². The fourth-order valence-corrected chi connectivity index (χ4v) is 2.85. The van der Waals surface area contributed by atoms with Gasteiger partial charge in [0.05, 0.1) is 10.2 Å². The van der Waals surface area contributed by atoms with E-state index in [2.05, 4.69) is 24.1 Å². The average molecular weight is 306 g/mol. The van der Waals surface area contributed by atoms with Crippen molar-refractivity contribution in [2.45, 2.75) is 40.2 Å². The number of amides is 1. The van der Waals surface area contributed by atoms with Crippen LogP contribution in [0, 0.1) is 12.8 Å². The number of carbonyl (C=O) groups excluding carboxylic acids is 1. The Labute approximate surface area is 129 Å². The van der Waals surface area contributed by atoms with Gasteiger partial charge in [-0.25, -0.2) is 4.98 Å². The fourth-order valence-electron chi connectivity index (χ4n) is 1.90. The molecular formula is C16H22N2O2S. The number of nitrogens with one attached hydrogen (secondary N) is 1. The molecule has 1 amide bonds. The van der Waals surface area contributed by atoms with Gasteiger partial charge in [0.1, 0.15) is 6.10 Å². The lowest BCUT2D eigenvalue weighted by atomic mass is 10.1. The predicted octanol–water partition coefficient (Wildman–Crippen LogP) is 3.99. The van der Waals surface area contributed by atoms with Crippen LogP contribution in [0.3, 0.4) is 0 Å². The molecule has 0 radical (unpaired) electrons. The Balaban J connectivity index is 1.96. The van der Waals surface area contributed by atoms with E-state index in [0.29, 0.717) is 17.7 Å². The van der Waals surface area contributed by atoms with Gasteiger partial charge in [-0.2, -0.15) is 0 Å². The SMILES string of the molecule is Cc1cccc2sc(NC(=O)C(C)OCCC(C)C)nc12. The van der Waals surface area contributed by atoms with E-state index in [0.717, 1.165) is 22.2 Å². The molecule has 114 valence electrons. The van der Waals surface area contributed by atoms with Crippen LogP contribution in [0.2, 0.25) is 0 Å². The normalized spacial score (nSPS) is 12.8. The number of aromatic nitrogens is 1. The van der Waals surface area contributed by atoms with Crippen LogP contribution >= 0.6 is 11.3 Å². The van der Waals surface area contributed by atoms with E-state index in [1.165, 1.54) is 11.3 Å². The monoisotopic (exact) mass is 306 g/mol. The van der Waals surface area contributed by atoms with Crippen LogP contribution in [0.5, 0.6) is 0 Å². The minimum Gasteiger partial charge on any atom is -0.369 e. The van der Waals surface area contributed by atoms with Crippen LogP contribution in [0.1, 0.15) is 32.8 Å². The first-order valence-corrected chi connectivity index (χ1v) is 8.07. The van der Waals surface area contributed by atoms with E-state index in [9.17, 15) is 4.79 Å². The van der Waals surface area contributed by atoms with Crippen molar-refractivity contribution < 1.29 is 9.53 Å². The molecule has 1 aromatic carbocycles. The first-order valence-electron chi connectivity index (χ1n) is 7.26. The van der Waals surface area contributed by atoms with Gasteiger partial charge in [0.2, 0.25) is 0 Å². The van der Waals surface area contributed by atoms with Crippen molar-refractivity contribution in [3.8, 4) is 0 Å². The Kier molecular flexibility index (Phi) is 5.31. The van der Waals surface area contributed by atoms with Gasteiger partial charge in [0, 0.05) is 6.61 Å². The third kappa shape index (κ3) is 4.25. The molecule has 0 aliphatic heterocycles. The van der Waals surface area contributed by atoms with Gasteiger partial charge in [0.15, 0.2) is 5.13 Å². The summed E-state index contributed by atoms with van der Waals surface area (Å²) in [5, 5.41) is 3.47. The van der Waals surface area contributed by atoms with Crippen LogP contribution in [-0.2, 0) is 9.53 Å². The van der Waals surface area contributed by atoms with Gasteiger partial charge in [-0.05, 0) is 37.8 Å². The van der Waals surface area contributed by atoms with Gasteiger partial charge in [-0.15, -0.1) is 0 Å². The zero-order valence-corrected chi connectivity index (χ0v) is 13.8. The van der Waals surface area contributed by atoms with Gasteiger partial charge < -0.3 is 4.74 Å². The number of rotatable bonds is 6. The summed E-state index contributed by atoms with van der Waals surface area (Å²) in [5.41, 5.74) is 2.07. The molecule has 0 spiro atoms. The molecule has 5 heteroatoms. The number of fused-ring (bicyclic) bond motifs is 1. The minimum absolute atomic E-state index is 0.143. The smallest absolute Gasteiger partial charge is 0.254 e. The zero-order chi connectivity index (χ0) is 15.4. The molecule has 1 atom stereocenters. The average Bonchev–Trinajstić information content (AvgIpc) is 2.82. The molecule has 21 heavy (non-hydrogen) atoms. The number of anilines is 1. The minimum atomic E-state index is -0.461. The molecule has 0 saturated heterocycles. The highest BCUT2D eigenvalue weighted by Gasteiger charge is 2.16.